The van der Waals surface area contributed by atoms with Crippen molar-refractivity contribution < 1.29 is 27.8 Å². The molecule has 0 aromatic rings. The summed E-state index contributed by atoms with van der Waals surface area (Å²) in [7, 11) is 1.65. The van der Waals surface area contributed by atoms with E-state index in [1.54, 1.807) is 7.11 Å². The lowest BCUT2D eigenvalue weighted by Crippen LogP contribution is -2.72. The van der Waals surface area contributed by atoms with E-state index in [4.69, 9.17) is 16.2 Å². The number of likely N-dealkylation sites (tertiary alicyclic amines) is 1. The smallest absolute Gasteiger partial charge is 0.387 e. The largest absolute Gasteiger partial charge is 0.389 e. The maximum absolute atomic E-state index is 12.7. The van der Waals surface area contributed by atoms with E-state index in [0.717, 1.165) is 17.6 Å². The molecule has 6 atom stereocenters. The van der Waals surface area contributed by atoms with Crippen molar-refractivity contribution in [3.8, 4) is 0 Å². The molecule has 1 aliphatic heterocycles. The Morgan fingerprint density at radius 3 is 2.75 bits per heavy atom. The topological polar surface area (TPSA) is 102 Å². The predicted octanol–water partition coefficient (Wildman–Crippen LogP) is 2.16. The molecule has 2 bridgehead atoms. The minimum absolute atomic E-state index is 0.0140. The third-order valence-corrected chi connectivity index (χ3v) is 9.09. The van der Waals surface area contributed by atoms with Crippen molar-refractivity contribution in [1.29, 1.82) is 0 Å². The average Bonchev–Trinajstić information content (AvgIpc) is 2.82. The Morgan fingerprint density at radius 2 is 2.09 bits per heavy atom. The van der Waals surface area contributed by atoms with Crippen molar-refractivity contribution in [2.75, 3.05) is 20.2 Å². The first-order chi connectivity index (χ1) is 14.9. The van der Waals surface area contributed by atoms with Crippen LogP contribution < -0.4 is 11.5 Å². The lowest BCUT2D eigenvalue weighted by atomic mass is 9.53. The van der Waals surface area contributed by atoms with Gasteiger partial charge in [0, 0.05) is 36.9 Å². The Kier molecular flexibility index (Phi) is 4.76. The van der Waals surface area contributed by atoms with Crippen molar-refractivity contribution in [3.05, 3.63) is 23.3 Å². The zero-order valence-corrected chi connectivity index (χ0v) is 18.4. The van der Waals surface area contributed by atoms with Crippen LogP contribution in [-0.2, 0) is 9.53 Å². The van der Waals surface area contributed by atoms with E-state index in [-0.39, 0.29) is 36.8 Å². The normalized spacial score (nSPS) is 45.2. The molecule has 0 radical (unpaired) electrons. The standard InChI is InChI=1S/C23H32F3N3O3/c1-32-15-4-3-14-10-19-11-20(16(14)9-15)12-21(28,18(27)30)6-7-22(20,31)17(19)29(13-19)8-2-5-23(24,25)26/h3-4,15,17,31H,2,5-13,28H2,1H3,(H2,27,30). The fourth-order valence-corrected chi connectivity index (χ4v) is 7.99. The molecule has 0 aromatic carbocycles. The summed E-state index contributed by atoms with van der Waals surface area (Å²) >= 11 is 0. The number of nitrogens with two attached hydrogens (primary N) is 2. The molecule has 6 nitrogen and oxygen atoms in total. The molecular weight excluding hydrogens is 423 g/mol. The number of primary amides is 1. The number of rotatable bonds is 5. The van der Waals surface area contributed by atoms with Gasteiger partial charge in [0.2, 0.25) is 5.91 Å². The molecule has 5 aliphatic rings. The van der Waals surface area contributed by atoms with Gasteiger partial charge in [0.15, 0.2) is 0 Å². The van der Waals surface area contributed by atoms with E-state index in [2.05, 4.69) is 6.08 Å². The Morgan fingerprint density at radius 1 is 1.34 bits per heavy atom. The summed E-state index contributed by atoms with van der Waals surface area (Å²) < 4.78 is 43.8. The van der Waals surface area contributed by atoms with Gasteiger partial charge in [0.05, 0.1) is 17.2 Å². The molecule has 6 unspecified atom stereocenters. The molecule has 1 amide bonds. The number of aliphatic hydroxyl groups is 1. The van der Waals surface area contributed by atoms with E-state index in [1.807, 2.05) is 11.0 Å². The van der Waals surface area contributed by atoms with Gasteiger partial charge >= 0.3 is 6.18 Å². The van der Waals surface area contributed by atoms with Crippen LogP contribution in [0.1, 0.15) is 51.4 Å². The zero-order chi connectivity index (χ0) is 23.2. The third kappa shape index (κ3) is 2.90. The van der Waals surface area contributed by atoms with Gasteiger partial charge in [-0.05, 0) is 57.1 Å². The maximum atomic E-state index is 12.7. The third-order valence-electron chi connectivity index (χ3n) is 9.09. The number of ether oxygens (including phenoxy) is 1. The summed E-state index contributed by atoms with van der Waals surface area (Å²) in [4.78, 5) is 14.4. The first-order valence-corrected chi connectivity index (χ1v) is 11.4. The monoisotopic (exact) mass is 455 g/mol. The summed E-state index contributed by atoms with van der Waals surface area (Å²) in [5, 5.41) is 12.3. The fourth-order valence-electron chi connectivity index (χ4n) is 7.99. The van der Waals surface area contributed by atoms with Crippen molar-refractivity contribution >= 4 is 5.91 Å². The highest BCUT2D eigenvalue weighted by molar-refractivity contribution is 5.85. The molecule has 178 valence electrons. The lowest BCUT2D eigenvalue weighted by molar-refractivity contribution is -0.174. The highest BCUT2D eigenvalue weighted by Crippen LogP contribution is 2.75. The average molecular weight is 456 g/mol. The Balaban J connectivity index is 1.53. The summed E-state index contributed by atoms with van der Waals surface area (Å²) in [6, 6.07) is -0.236. The Hall–Kier alpha value is -1.42. The van der Waals surface area contributed by atoms with Crippen LogP contribution in [0.25, 0.3) is 0 Å². The van der Waals surface area contributed by atoms with Crippen LogP contribution >= 0.6 is 0 Å². The van der Waals surface area contributed by atoms with E-state index >= 15 is 0 Å². The molecule has 2 spiro atoms. The second-order valence-electron chi connectivity index (χ2n) is 10.9. The highest BCUT2D eigenvalue weighted by atomic mass is 19.4. The quantitative estimate of drug-likeness (QED) is 0.590. The molecular formula is C23H32F3N3O3. The Bertz CT molecular complexity index is 905. The molecule has 3 fully saturated rings. The van der Waals surface area contributed by atoms with E-state index in [9.17, 15) is 23.1 Å². The number of alkyl halides is 3. The number of carbonyl (C=O) groups excluding carboxylic acids is 1. The molecule has 5 rings (SSSR count). The van der Waals surface area contributed by atoms with Crippen molar-refractivity contribution in [2.45, 2.75) is 80.8 Å². The van der Waals surface area contributed by atoms with Crippen molar-refractivity contribution in [2.24, 2.45) is 22.3 Å². The second-order valence-corrected chi connectivity index (χ2v) is 10.9. The number of allylic oxidation sites excluding steroid dienone is 2. The van der Waals surface area contributed by atoms with Gasteiger partial charge in [-0.1, -0.05) is 17.7 Å². The number of hydrogen-bond donors (Lipinski definition) is 3. The number of amides is 1. The summed E-state index contributed by atoms with van der Waals surface area (Å²) in [5.74, 6) is -0.563. The number of nitrogens with zero attached hydrogens (tertiary/aromatic N) is 1. The van der Waals surface area contributed by atoms with Crippen LogP contribution in [0.2, 0.25) is 0 Å². The van der Waals surface area contributed by atoms with E-state index in [1.165, 1.54) is 0 Å². The maximum Gasteiger partial charge on any atom is 0.389 e. The van der Waals surface area contributed by atoms with Crippen LogP contribution in [0.15, 0.2) is 23.3 Å². The molecule has 5 N–H and O–H groups in total. The van der Waals surface area contributed by atoms with Crippen molar-refractivity contribution in [1.82, 2.24) is 4.90 Å². The number of fused-ring (bicyclic) bond motifs is 1. The van der Waals surface area contributed by atoms with Gasteiger partial charge in [-0.2, -0.15) is 13.2 Å². The number of hydrogen-bond acceptors (Lipinski definition) is 5. The van der Waals surface area contributed by atoms with Crippen molar-refractivity contribution in [3.63, 3.8) is 0 Å². The first kappa shape index (κ1) is 22.4. The molecule has 4 aliphatic carbocycles. The van der Waals surface area contributed by atoms with Gasteiger partial charge in [-0.15, -0.1) is 0 Å². The second kappa shape index (κ2) is 6.81. The van der Waals surface area contributed by atoms with E-state index < -0.39 is 35.1 Å². The lowest BCUT2D eigenvalue weighted by Gasteiger charge is -2.59. The summed E-state index contributed by atoms with van der Waals surface area (Å²) in [5.41, 5.74) is 11.2. The minimum Gasteiger partial charge on any atom is -0.387 e. The highest BCUT2D eigenvalue weighted by Gasteiger charge is 2.79. The fraction of sp³-hybridized carbons (Fsp3) is 0.783. The van der Waals surface area contributed by atoms with Gasteiger partial charge < -0.3 is 21.3 Å². The van der Waals surface area contributed by atoms with Gasteiger partial charge in [-0.3, -0.25) is 9.69 Å². The molecule has 0 aromatic heterocycles. The van der Waals surface area contributed by atoms with Crippen LogP contribution in [0.3, 0.4) is 0 Å². The van der Waals surface area contributed by atoms with Gasteiger partial charge in [0.25, 0.3) is 0 Å². The Labute approximate surface area is 185 Å². The molecule has 9 heteroatoms. The SMILES string of the molecule is COC1C=CC2=C(C1)C13CC(N)(C(N)=O)CCC1(O)C1N(CCCC(F)(F)F)CC1(C2)C3. The minimum atomic E-state index is -4.18. The van der Waals surface area contributed by atoms with Crippen LogP contribution in [0.5, 0.6) is 0 Å². The molecule has 2 saturated carbocycles. The summed E-state index contributed by atoms with van der Waals surface area (Å²) in [6.07, 6.45) is 1.93. The number of halogens is 3. The van der Waals surface area contributed by atoms with Gasteiger partial charge in [0.1, 0.15) is 0 Å². The number of methoxy groups -OCH3 is 1. The number of carbonyl (C=O) groups is 1. The van der Waals surface area contributed by atoms with Crippen LogP contribution in [0, 0.1) is 10.8 Å². The predicted molar refractivity (Wildman–Crippen MR) is 111 cm³/mol. The molecule has 1 heterocycles. The zero-order valence-electron chi connectivity index (χ0n) is 18.4. The first-order valence-electron chi connectivity index (χ1n) is 11.4. The molecule has 32 heavy (non-hydrogen) atoms. The van der Waals surface area contributed by atoms with Crippen LogP contribution in [0.4, 0.5) is 13.2 Å². The van der Waals surface area contributed by atoms with Crippen LogP contribution in [-0.4, -0.2) is 65.6 Å². The van der Waals surface area contributed by atoms with Gasteiger partial charge in [-0.25, -0.2) is 0 Å². The van der Waals surface area contributed by atoms with E-state index in [0.29, 0.717) is 32.4 Å². The summed E-state index contributed by atoms with van der Waals surface area (Å²) in [6.45, 7) is 0.959. The molecule has 1 saturated heterocycles.